The summed E-state index contributed by atoms with van der Waals surface area (Å²) in [4.78, 5) is 41.7. The Balaban J connectivity index is 1.26. The highest BCUT2D eigenvalue weighted by molar-refractivity contribution is 6.10. The highest BCUT2D eigenvalue weighted by atomic mass is 16.5. The lowest BCUT2D eigenvalue weighted by molar-refractivity contribution is -0.135. The molecule has 0 saturated carbocycles. The van der Waals surface area contributed by atoms with Gasteiger partial charge in [0.15, 0.2) is 5.54 Å². The van der Waals surface area contributed by atoms with Crippen LogP contribution in [0.15, 0.2) is 48.5 Å². The molecule has 32 heavy (non-hydrogen) atoms. The Morgan fingerprint density at radius 2 is 1.78 bits per heavy atom. The molecule has 3 aliphatic rings. The highest BCUT2D eigenvalue weighted by Gasteiger charge is 2.55. The number of para-hydroxylation sites is 1. The molecule has 2 N–H and O–H groups in total. The predicted octanol–water partition coefficient (Wildman–Crippen LogP) is 1.69. The monoisotopic (exact) mass is 436 g/mol. The number of anilines is 2. The lowest BCUT2D eigenvalue weighted by Gasteiger charge is -2.33. The van der Waals surface area contributed by atoms with Crippen molar-refractivity contribution in [2.45, 2.75) is 12.0 Å². The Morgan fingerprint density at radius 3 is 2.56 bits per heavy atom. The van der Waals surface area contributed by atoms with E-state index in [2.05, 4.69) is 15.5 Å². The molecule has 2 saturated heterocycles. The third kappa shape index (κ3) is 3.54. The van der Waals surface area contributed by atoms with Gasteiger partial charge in [-0.1, -0.05) is 18.2 Å². The quantitative estimate of drug-likeness (QED) is 0.708. The Morgan fingerprint density at radius 1 is 1.03 bits per heavy atom. The summed E-state index contributed by atoms with van der Waals surface area (Å²) in [6.45, 7) is 2.99. The summed E-state index contributed by atoms with van der Waals surface area (Å²) in [5, 5.41) is 5.57. The van der Waals surface area contributed by atoms with Crippen molar-refractivity contribution in [1.82, 2.24) is 10.2 Å². The van der Waals surface area contributed by atoms with Gasteiger partial charge >= 0.3 is 6.03 Å². The number of nitrogens with one attached hydrogen (secondary N) is 2. The first-order chi connectivity index (χ1) is 15.6. The fourth-order valence-corrected chi connectivity index (χ4v) is 4.44. The second-order valence-electron chi connectivity index (χ2n) is 8.02. The van der Waals surface area contributed by atoms with Gasteiger partial charge in [-0.2, -0.15) is 0 Å². The Hall–Kier alpha value is -3.59. The van der Waals surface area contributed by atoms with Crippen LogP contribution in [-0.4, -0.2) is 62.2 Å². The van der Waals surface area contributed by atoms with Gasteiger partial charge in [-0.3, -0.25) is 14.5 Å². The Labute approximate surface area is 185 Å². The lowest BCUT2D eigenvalue weighted by atomic mass is 9.84. The zero-order valence-corrected chi connectivity index (χ0v) is 17.5. The smallest absolute Gasteiger partial charge is 0.325 e. The molecule has 2 fully saturated rings. The maximum absolute atomic E-state index is 13.3. The molecule has 1 unspecified atom stereocenters. The minimum absolute atomic E-state index is 0.304. The van der Waals surface area contributed by atoms with Gasteiger partial charge in [-0.15, -0.1) is 0 Å². The average molecular weight is 436 g/mol. The minimum Gasteiger partial charge on any atom is -0.493 e. The summed E-state index contributed by atoms with van der Waals surface area (Å²) >= 11 is 0. The summed E-state index contributed by atoms with van der Waals surface area (Å²) in [5.74, 6) is -0.305. The van der Waals surface area contributed by atoms with Crippen LogP contribution in [0, 0.1) is 0 Å². The number of amides is 4. The van der Waals surface area contributed by atoms with Crippen molar-refractivity contribution in [3.63, 3.8) is 0 Å². The minimum atomic E-state index is -1.19. The SMILES string of the molecule is O=C(CN1C(=O)NC2(CCOc3ccccc32)C1=O)Nc1ccc(N2CCOCC2)cc1. The molecule has 1 atom stereocenters. The van der Waals surface area contributed by atoms with E-state index in [0.717, 1.165) is 23.7 Å². The van der Waals surface area contributed by atoms with E-state index in [9.17, 15) is 14.4 Å². The summed E-state index contributed by atoms with van der Waals surface area (Å²) in [6, 6.07) is 14.1. The molecule has 1 spiro atoms. The molecule has 166 valence electrons. The van der Waals surface area contributed by atoms with Crippen molar-refractivity contribution in [2.24, 2.45) is 0 Å². The molecule has 3 heterocycles. The number of nitrogens with zero attached hydrogens (tertiary/aromatic N) is 2. The normalized spacial score (nSPS) is 22.4. The molecule has 0 bridgehead atoms. The number of benzene rings is 2. The van der Waals surface area contributed by atoms with Gasteiger partial charge in [-0.05, 0) is 30.3 Å². The maximum atomic E-state index is 13.3. The molecule has 9 nitrogen and oxygen atoms in total. The Bertz CT molecular complexity index is 1050. The summed E-state index contributed by atoms with van der Waals surface area (Å²) in [6.07, 6.45) is 0.315. The zero-order valence-electron chi connectivity index (χ0n) is 17.5. The van der Waals surface area contributed by atoms with E-state index in [1.54, 1.807) is 18.2 Å². The number of urea groups is 1. The van der Waals surface area contributed by atoms with Gasteiger partial charge in [0.2, 0.25) is 5.91 Å². The van der Waals surface area contributed by atoms with Crippen molar-refractivity contribution in [2.75, 3.05) is 49.7 Å². The van der Waals surface area contributed by atoms with Crippen molar-refractivity contribution in [3.05, 3.63) is 54.1 Å². The van der Waals surface area contributed by atoms with Crippen molar-refractivity contribution < 1.29 is 23.9 Å². The van der Waals surface area contributed by atoms with Crippen molar-refractivity contribution in [1.29, 1.82) is 0 Å². The number of rotatable bonds is 4. The molecular formula is C23H24N4O5. The molecular weight excluding hydrogens is 412 g/mol. The first-order valence-corrected chi connectivity index (χ1v) is 10.7. The molecule has 2 aromatic carbocycles. The van der Waals surface area contributed by atoms with Crippen LogP contribution < -0.4 is 20.3 Å². The maximum Gasteiger partial charge on any atom is 0.325 e. The second kappa shape index (κ2) is 8.16. The van der Waals surface area contributed by atoms with Gasteiger partial charge in [0.1, 0.15) is 12.3 Å². The van der Waals surface area contributed by atoms with E-state index in [0.29, 0.717) is 43.2 Å². The molecule has 4 amide bonds. The van der Waals surface area contributed by atoms with Gasteiger partial charge in [0.25, 0.3) is 5.91 Å². The van der Waals surface area contributed by atoms with E-state index in [1.807, 2.05) is 30.3 Å². The lowest BCUT2D eigenvalue weighted by Crippen LogP contribution is -2.48. The molecule has 3 aliphatic heterocycles. The number of morpholine rings is 1. The number of fused-ring (bicyclic) bond motifs is 2. The highest BCUT2D eigenvalue weighted by Crippen LogP contribution is 2.40. The van der Waals surface area contributed by atoms with Gasteiger partial charge < -0.3 is 25.0 Å². The van der Waals surface area contributed by atoms with Crippen LogP contribution in [0.2, 0.25) is 0 Å². The van der Waals surface area contributed by atoms with E-state index in [1.165, 1.54) is 0 Å². The first kappa shape index (κ1) is 20.3. The van der Waals surface area contributed by atoms with Crippen LogP contribution in [0.4, 0.5) is 16.2 Å². The number of carbonyl (C=O) groups excluding carboxylic acids is 3. The average Bonchev–Trinajstić information content (AvgIpc) is 3.05. The number of hydrogen-bond donors (Lipinski definition) is 2. The first-order valence-electron chi connectivity index (χ1n) is 10.7. The van der Waals surface area contributed by atoms with Crippen LogP contribution >= 0.6 is 0 Å². The number of imide groups is 1. The summed E-state index contributed by atoms with van der Waals surface area (Å²) in [5.41, 5.74) is 1.09. The van der Waals surface area contributed by atoms with Crippen LogP contribution in [-0.2, 0) is 19.9 Å². The number of hydrogen-bond acceptors (Lipinski definition) is 6. The predicted molar refractivity (Wildman–Crippen MR) is 117 cm³/mol. The largest absolute Gasteiger partial charge is 0.493 e. The van der Waals surface area contributed by atoms with E-state index < -0.39 is 23.4 Å². The molecule has 0 radical (unpaired) electrons. The number of ether oxygens (including phenoxy) is 2. The third-order valence-electron chi connectivity index (χ3n) is 6.09. The van der Waals surface area contributed by atoms with Crippen LogP contribution in [0.5, 0.6) is 5.75 Å². The van der Waals surface area contributed by atoms with E-state index >= 15 is 0 Å². The topological polar surface area (TPSA) is 100 Å². The fourth-order valence-electron chi connectivity index (χ4n) is 4.44. The second-order valence-corrected chi connectivity index (χ2v) is 8.02. The zero-order chi connectivity index (χ0) is 22.1. The van der Waals surface area contributed by atoms with E-state index in [4.69, 9.17) is 9.47 Å². The van der Waals surface area contributed by atoms with Gasteiger partial charge in [0, 0.05) is 36.4 Å². The standard InChI is InChI=1S/C23H24N4O5/c28-20(24-16-5-7-17(8-6-16)26-10-13-31-14-11-26)15-27-21(29)23(25-22(27)30)9-12-32-19-4-2-1-3-18(19)23/h1-8H,9-15H2,(H,24,28)(H,25,30). The fraction of sp³-hybridized carbons (Fsp3) is 0.348. The van der Waals surface area contributed by atoms with Crippen LogP contribution in [0.1, 0.15) is 12.0 Å². The van der Waals surface area contributed by atoms with Crippen molar-refractivity contribution >= 4 is 29.2 Å². The molecule has 0 aromatic heterocycles. The van der Waals surface area contributed by atoms with Gasteiger partial charge in [-0.25, -0.2) is 4.79 Å². The molecule has 5 rings (SSSR count). The summed E-state index contributed by atoms with van der Waals surface area (Å²) < 4.78 is 11.0. The van der Waals surface area contributed by atoms with E-state index in [-0.39, 0.29) is 6.54 Å². The third-order valence-corrected chi connectivity index (χ3v) is 6.09. The number of carbonyl (C=O) groups is 3. The molecule has 9 heteroatoms. The van der Waals surface area contributed by atoms with Crippen LogP contribution in [0.3, 0.4) is 0 Å². The van der Waals surface area contributed by atoms with Crippen LogP contribution in [0.25, 0.3) is 0 Å². The summed E-state index contributed by atoms with van der Waals surface area (Å²) in [7, 11) is 0. The van der Waals surface area contributed by atoms with Crippen molar-refractivity contribution in [3.8, 4) is 5.75 Å². The molecule has 0 aliphatic carbocycles. The molecule has 2 aromatic rings. The Kier molecular flexibility index (Phi) is 5.18. The van der Waals surface area contributed by atoms with Gasteiger partial charge in [0.05, 0.1) is 19.8 Å².